The van der Waals surface area contributed by atoms with Crippen LogP contribution in [0.2, 0.25) is 0 Å². The third-order valence-corrected chi connectivity index (χ3v) is 3.75. The Balaban J connectivity index is 1.94. The predicted octanol–water partition coefficient (Wildman–Crippen LogP) is 2.05. The van der Waals surface area contributed by atoms with E-state index in [0.717, 1.165) is 17.7 Å². The normalized spacial score (nSPS) is 19.5. The van der Waals surface area contributed by atoms with Crippen LogP contribution in [0, 0.1) is 0 Å². The van der Waals surface area contributed by atoms with Crippen molar-refractivity contribution in [3.05, 3.63) is 59.7 Å². The molecule has 1 aliphatic heterocycles. The Morgan fingerprint density at radius 2 is 2.00 bits per heavy atom. The quantitative estimate of drug-likeness (QED) is 0.932. The Morgan fingerprint density at radius 3 is 2.67 bits per heavy atom. The highest BCUT2D eigenvalue weighted by Gasteiger charge is 2.38. The third kappa shape index (κ3) is 2.44. The highest BCUT2D eigenvalue weighted by atomic mass is 16.5. The maximum atomic E-state index is 10.7. The van der Waals surface area contributed by atoms with Crippen LogP contribution in [0.25, 0.3) is 0 Å². The second kappa shape index (κ2) is 5.13. The van der Waals surface area contributed by atoms with Gasteiger partial charge >= 0.3 is 0 Å². The van der Waals surface area contributed by atoms with Crippen LogP contribution in [0.1, 0.15) is 24.5 Å². The zero-order valence-electron chi connectivity index (χ0n) is 11.8. The Bertz CT molecular complexity index is 669. The van der Waals surface area contributed by atoms with Crippen molar-refractivity contribution < 1.29 is 14.6 Å². The highest BCUT2D eigenvalue weighted by molar-refractivity contribution is 5.70. The molecule has 21 heavy (non-hydrogen) atoms. The summed E-state index contributed by atoms with van der Waals surface area (Å²) in [6.07, 6.45) is 0.641. The second-order valence-corrected chi connectivity index (χ2v) is 5.15. The van der Waals surface area contributed by atoms with Crippen molar-refractivity contribution in [2.45, 2.75) is 25.5 Å². The molecule has 1 heterocycles. The number of ether oxygens (including phenoxy) is 1. The van der Waals surface area contributed by atoms with Gasteiger partial charge in [-0.05, 0) is 17.7 Å². The largest absolute Gasteiger partial charge is 0.550 e. The van der Waals surface area contributed by atoms with Gasteiger partial charge in [0, 0.05) is 24.4 Å². The van der Waals surface area contributed by atoms with Crippen molar-refractivity contribution in [3.8, 4) is 5.75 Å². The summed E-state index contributed by atoms with van der Waals surface area (Å²) < 4.78 is 6.13. The molecule has 1 atom stereocenters. The van der Waals surface area contributed by atoms with Crippen LogP contribution in [0.3, 0.4) is 0 Å². The number of carboxylic acids is 1. The predicted molar refractivity (Wildman–Crippen MR) is 77.8 cm³/mol. The molecule has 0 saturated carbocycles. The van der Waals surface area contributed by atoms with Crippen molar-refractivity contribution >= 4 is 11.7 Å². The van der Waals surface area contributed by atoms with E-state index >= 15 is 0 Å². The van der Waals surface area contributed by atoms with E-state index < -0.39 is 11.7 Å². The lowest BCUT2D eigenvalue weighted by Crippen LogP contribution is -2.36. The molecule has 0 bridgehead atoms. The van der Waals surface area contributed by atoms with Crippen LogP contribution in [-0.2, 0) is 16.9 Å². The van der Waals surface area contributed by atoms with Gasteiger partial charge in [-0.3, -0.25) is 0 Å². The third-order valence-electron chi connectivity index (χ3n) is 3.75. The average Bonchev–Trinajstić information content (AvgIpc) is 2.87. The Kier molecular flexibility index (Phi) is 3.29. The standard InChI is InChI=1S/C17H17NO3/c1-2-17(13-6-4-3-5-7-13)18-14-9-8-12(11-16(19)20)10-15(14)21-17/h3-10,18H,2,11H2,1H3,(H,19,20)/p-1. The highest BCUT2D eigenvalue weighted by Crippen LogP contribution is 2.43. The van der Waals surface area contributed by atoms with Gasteiger partial charge in [0.2, 0.25) is 5.72 Å². The molecule has 4 nitrogen and oxygen atoms in total. The molecule has 0 saturated heterocycles. The average molecular weight is 282 g/mol. The van der Waals surface area contributed by atoms with Gasteiger partial charge < -0.3 is 20.0 Å². The molecule has 1 N–H and O–H groups in total. The molecule has 0 fully saturated rings. The molecule has 1 unspecified atom stereocenters. The molecular formula is C17H16NO3-. The minimum absolute atomic E-state index is 0.110. The van der Waals surface area contributed by atoms with Crippen LogP contribution in [0.5, 0.6) is 5.75 Å². The number of hydrogen-bond donors (Lipinski definition) is 1. The van der Waals surface area contributed by atoms with Crippen LogP contribution in [-0.4, -0.2) is 5.97 Å². The number of nitrogens with one attached hydrogen (secondary N) is 1. The summed E-state index contributed by atoms with van der Waals surface area (Å²) in [4.78, 5) is 10.7. The van der Waals surface area contributed by atoms with E-state index in [2.05, 4.69) is 5.32 Å². The van der Waals surface area contributed by atoms with Gasteiger partial charge in [0.25, 0.3) is 0 Å². The van der Waals surface area contributed by atoms with Crippen molar-refractivity contribution in [1.82, 2.24) is 0 Å². The first kappa shape index (κ1) is 13.5. The summed E-state index contributed by atoms with van der Waals surface area (Å²) in [5.41, 5.74) is 2.01. The fraction of sp³-hybridized carbons (Fsp3) is 0.235. The molecule has 0 amide bonds. The summed E-state index contributed by atoms with van der Waals surface area (Å²) in [7, 11) is 0. The molecule has 1 aliphatic rings. The molecule has 0 aromatic heterocycles. The summed E-state index contributed by atoms with van der Waals surface area (Å²) in [6, 6.07) is 15.3. The van der Waals surface area contributed by atoms with Crippen LogP contribution < -0.4 is 15.2 Å². The fourth-order valence-corrected chi connectivity index (χ4v) is 2.66. The first-order valence-electron chi connectivity index (χ1n) is 6.98. The second-order valence-electron chi connectivity index (χ2n) is 5.15. The van der Waals surface area contributed by atoms with Gasteiger partial charge in [-0.2, -0.15) is 0 Å². The maximum Gasteiger partial charge on any atom is 0.206 e. The van der Waals surface area contributed by atoms with E-state index in [1.807, 2.05) is 43.3 Å². The van der Waals surface area contributed by atoms with Crippen molar-refractivity contribution in [1.29, 1.82) is 0 Å². The first-order valence-corrected chi connectivity index (χ1v) is 6.98. The molecule has 0 radical (unpaired) electrons. The fourth-order valence-electron chi connectivity index (χ4n) is 2.66. The van der Waals surface area contributed by atoms with Gasteiger partial charge in [0.15, 0.2) is 0 Å². The zero-order valence-corrected chi connectivity index (χ0v) is 11.8. The number of carbonyl (C=O) groups is 1. The maximum absolute atomic E-state index is 10.7. The molecule has 2 aromatic rings. The van der Waals surface area contributed by atoms with E-state index in [-0.39, 0.29) is 6.42 Å². The van der Waals surface area contributed by atoms with Crippen molar-refractivity contribution in [2.75, 3.05) is 5.32 Å². The lowest BCUT2D eigenvalue weighted by Gasteiger charge is -2.28. The van der Waals surface area contributed by atoms with Gasteiger partial charge in [0.05, 0.1) is 5.69 Å². The van der Waals surface area contributed by atoms with E-state index in [1.54, 1.807) is 12.1 Å². The van der Waals surface area contributed by atoms with E-state index in [0.29, 0.717) is 11.3 Å². The monoisotopic (exact) mass is 282 g/mol. The van der Waals surface area contributed by atoms with E-state index in [9.17, 15) is 9.90 Å². The number of carbonyl (C=O) groups excluding carboxylic acids is 1. The molecule has 0 spiro atoms. The molecule has 0 aliphatic carbocycles. The number of aliphatic carboxylic acids is 1. The molecule has 108 valence electrons. The number of benzene rings is 2. The Morgan fingerprint density at radius 1 is 1.24 bits per heavy atom. The zero-order chi connectivity index (χ0) is 14.9. The first-order chi connectivity index (χ1) is 10.1. The van der Waals surface area contributed by atoms with Crippen LogP contribution in [0.4, 0.5) is 5.69 Å². The van der Waals surface area contributed by atoms with E-state index in [1.165, 1.54) is 0 Å². The SMILES string of the molecule is CCC1(c2ccccc2)Nc2ccc(CC(=O)[O-])cc2O1. The van der Waals surface area contributed by atoms with Gasteiger partial charge in [-0.25, -0.2) is 0 Å². The Labute approximate surface area is 123 Å². The topological polar surface area (TPSA) is 61.4 Å². The van der Waals surface area contributed by atoms with Crippen molar-refractivity contribution in [3.63, 3.8) is 0 Å². The van der Waals surface area contributed by atoms with Crippen LogP contribution >= 0.6 is 0 Å². The molecular weight excluding hydrogens is 266 g/mol. The lowest BCUT2D eigenvalue weighted by molar-refractivity contribution is -0.304. The molecule has 3 rings (SSSR count). The molecule has 2 aromatic carbocycles. The smallest absolute Gasteiger partial charge is 0.206 e. The summed E-state index contributed by atoms with van der Waals surface area (Å²) in [5.74, 6) is -0.412. The number of rotatable bonds is 4. The summed E-state index contributed by atoms with van der Waals surface area (Å²) in [5, 5.41) is 14.1. The Hall–Kier alpha value is -2.49. The number of anilines is 1. The van der Waals surface area contributed by atoms with Crippen LogP contribution in [0.15, 0.2) is 48.5 Å². The molecule has 4 heteroatoms. The van der Waals surface area contributed by atoms with E-state index in [4.69, 9.17) is 4.74 Å². The minimum Gasteiger partial charge on any atom is -0.550 e. The summed E-state index contributed by atoms with van der Waals surface area (Å²) >= 11 is 0. The number of carboxylic acid groups (broad SMARTS) is 1. The van der Waals surface area contributed by atoms with Gasteiger partial charge in [0.1, 0.15) is 5.75 Å². The van der Waals surface area contributed by atoms with Gasteiger partial charge in [-0.1, -0.05) is 43.3 Å². The summed E-state index contributed by atoms with van der Waals surface area (Å²) in [6.45, 7) is 2.05. The minimum atomic E-state index is -1.09. The lowest BCUT2D eigenvalue weighted by atomic mass is 10.0. The number of hydrogen-bond acceptors (Lipinski definition) is 4. The van der Waals surface area contributed by atoms with Crippen molar-refractivity contribution in [2.24, 2.45) is 0 Å². The van der Waals surface area contributed by atoms with Gasteiger partial charge in [-0.15, -0.1) is 0 Å². The number of fused-ring (bicyclic) bond motifs is 1.